The molecule has 0 spiro atoms. The molecule has 32 heavy (non-hydrogen) atoms. The van der Waals surface area contributed by atoms with Crippen LogP contribution in [0.4, 0.5) is 0 Å². The highest BCUT2D eigenvalue weighted by Gasteiger charge is 2.35. The van der Waals surface area contributed by atoms with Gasteiger partial charge < -0.3 is 5.32 Å². The molecule has 0 aromatic heterocycles. The summed E-state index contributed by atoms with van der Waals surface area (Å²) in [6, 6.07) is 9.57. The quantitative estimate of drug-likeness (QED) is 0.444. The van der Waals surface area contributed by atoms with Gasteiger partial charge in [0.15, 0.2) is 0 Å². The van der Waals surface area contributed by atoms with Crippen molar-refractivity contribution < 1.29 is 22.8 Å². The number of hydrogen-bond acceptors (Lipinski definition) is 5. The number of carbonyl (C=O) groups excluding carboxylic acids is 3. The fraction of sp³-hybridized carbons (Fsp3) is 0.348. The topological polar surface area (TPSA) is 113 Å². The first-order valence-corrected chi connectivity index (χ1v) is 12.0. The Labute approximate surface area is 188 Å². The van der Waals surface area contributed by atoms with Crippen molar-refractivity contribution in [1.29, 1.82) is 0 Å². The van der Waals surface area contributed by atoms with Gasteiger partial charge in [-0.1, -0.05) is 25.5 Å². The monoisotopic (exact) mass is 457 g/mol. The molecule has 0 unspecified atom stereocenters. The first kappa shape index (κ1) is 23.6. The minimum atomic E-state index is -3.70. The van der Waals surface area contributed by atoms with Gasteiger partial charge in [0.1, 0.15) is 0 Å². The Morgan fingerprint density at radius 1 is 0.969 bits per heavy atom. The van der Waals surface area contributed by atoms with Crippen molar-refractivity contribution in [1.82, 2.24) is 14.9 Å². The van der Waals surface area contributed by atoms with Gasteiger partial charge in [-0.25, -0.2) is 13.1 Å². The van der Waals surface area contributed by atoms with Gasteiger partial charge in [-0.2, -0.15) is 0 Å². The van der Waals surface area contributed by atoms with Crippen molar-refractivity contribution in [2.75, 3.05) is 19.6 Å². The van der Waals surface area contributed by atoms with Crippen LogP contribution in [0.15, 0.2) is 41.3 Å². The van der Waals surface area contributed by atoms with Crippen LogP contribution in [-0.4, -0.2) is 50.7 Å². The predicted octanol–water partition coefficient (Wildman–Crippen LogP) is 2.41. The van der Waals surface area contributed by atoms with Gasteiger partial charge in [0, 0.05) is 25.2 Å². The van der Waals surface area contributed by atoms with Crippen LogP contribution in [0.25, 0.3) is 0 Å². The van der Waals surface area contributed by atoms with Gasteiger partial charge in [-0.15, -0.1) is 0 Å². The molecule has 0 saturated heterocycles. The molecule has 0 bridgehead atoms. The van der Waals surface area contributed by atoms with E-state index in [2.05, 4.69) is 10.0 Å². The highest BCUT2D eigenvalue weighted by atomic mass is 32.2. The summed E-state index contributed by atoms with van der Waals surface area (Å²) in [7, 11) is -3.70. The Hall–Kier alpha value is -3.04. The average molecular weight is 458 g/mol. The van der Waals surface area contributed by atoms with Crippen LogP contribution >= 0.6 is 0 Å². The summed E-state index contributed by atoms with van der Waals surface area (Å²) in [5.74, 6) is -1.19. The van der Waals surface area contributed by atoms with Crippen LogP contribution in [0.2, 0.25) is 0 Å². The fourth-order valence-corrected chi connectivity index (χ4v) is 4.85. The number of nitrogens with zero attached hydrogens (tertiary/aromatic N) is 1. The van der Waals surface area contributed by atoms with Crippen LogP contribution in [-0.2, 0) is 10.0 Å². The second-order valence-electron chi connectivity index (χ2n) is 7.80. The van der Waals surface area contributed by atoms with Crippen LogP contribution in [0.3, 0.4) is 0 Å². The van der Waals surface area contributed by atoms with Crippen molar-refractivity contribution in [2.45, 2.75) is 38.5 Å². The van der Waals surface area contributed by atoms with E-state index >= 15 is 0 Å². The molecular formula is C23H27N3O5S. The number of imide groups is 1. The van der Waals surface area contributed by atoms with Gasteiger partial charge in [0.25, 0.3) is 17.7 Å². The molecule has 9 heteroatoms. The van der Waals surface area contributed by atoms with Crippen molar-refractivity contribution in [3.05, 3.63) is 64.2 Å². The summed E-state index contributed by atoms with van der Waals surface area (Å²) < 4.78 is 27.5. The number of benzene rings is 2. The summed E-state index contributed by atoms with van der Waals surface area (Å²) in [6.45, 7) is 5.94. The Balaban J connectivity index is 1.60. The molecular weight excluding hydrogens is 430 g/mol. The first-order valence-electron chi connectivity index (χ1n) is 10.5. The normalized spacial score (nSPS) is 13.4. The molecule has 0 radical (unpaired) electrons. The van der Waals surface area contributed by atoms with E-state index in [-0.39, 0.29) is 35.0 Å². The molecule has 8 nitrogen and oxygen atoms in total. The lowest BCUT2D eigenvalue weighted by Crippen LogP contribution is -2.35. The second-order valence-corrected chi connectivity index (χ2v) is 9.53. The van der Waals surface area contributed by atoms with Crippen LogP contribution in [0.5, 0.6) is 0 Å². The summed E-state index contributed by atoms with van der Waals surface area (Å²) in [5.41, 5.74) is 2.22. The third kappa shape index (κ3) is 4.89. The van der Waals surface area contributed by atoms with E-state index < -0.39 is 21.8 Å². The second kappa shape index (κ2) is 9.62. The van der Waals surface area contributed by atoms with Gasteiger partial charge >= 0.3 is 0 Å². The van der Waals surface area contributed by atoms with E-state index in [1.807, 2.05) is 19.9 Å². The van der Waals surface area contributed by atoms with Crippen LogP contribution in [0.1, 0.15) is 62.0 Å². The number of aryl methyl sites for hydroxylation is 2. The van der Waals surface area contributed by atoms with Gasteiger partial charge in [0.05, 0.1) is 16.0 Å². The summed E-state index contributed by atoms with van der Waals surface area (Å²) in [5, 5.41) is 2.64. The molecule has 3 rings (SSSR count). The van der Waals surface area contributed by atoms with E-state index in [1.54, 1.807) is 19.1 Å². The van der Waals surface area contributed by atoms with Crippen LogP contribution in [0, 0.1) is 13.8 Å². The molecule has 0 aliphatic carbocycles. The summed E-state index contributed by atoms with van der Waals surface area (Å²) >= 11 is 0. The third-order valence-electron chi connectivity index (χ3n) is 5.30. The maximum absolute atomic E-state index is 12.5. The Morgan fingerprint density at radius 3 is 2.41 bits per heavy atom. The summed E-state index contributed by atoms with van der Waals surface area (Å²) in [6.07, 6.45) is 1.57. The Morgan fingerprint density at radius 2 is 1.69 bits per heavy atom. The smallest absolute Gasteiger partial charge is 0.261 e. The van der Waals surface area contributed by atoms with Gasteiger partial charge in [-0.05, 0) is 55.7 Å². The maximum Gasteiger partial charge on any atom is 0.261 e. The number of fused-ring (bicyclic) bond motifs is 1. The molecule has 1 aliphatic rings. The number of rotatable bonds is 9. The zero-order valence-corrected chi connectivity index (χ0v) is 19.2. The summed E-state index contributed by atoms with van der Waals surface area (Å²) in [4.78, 5) is 38.8. The number of unbranched alkanes of at least 4 members (excludes halogenated alkanes) is 1. The van der Waals surface area contributed by atoms with Crippen molar-refractivity contribution in [3.63, 3.8) is 0 Å². The zero-order chi connectivity index (χ0) is 23.5. The molecule has 0 atom stereocenters. The molecule has 2 N–H and O–H groups in total. The minimum absolute atomic E-state index is 0.00854. The largest absolute Gasteiger partial charge is 0.351 e. The van der Waals surface area contributed by atoms with E-state index in [4.69, 9.17) is 0 Å². The number of hydrogen-bond donors (Lipinski definition) is 2. The average Bonchev–Trinajstić information content (AvgIpc) is 3.00. The zero-order valence-electron chi connectivity index (χ0n) is 18.4. The Kier molecular flexibility index (Phi) is 7.10. The number of nitrogens with one attached hydrogen (secondary N) is 2. The first-order chi connectivity index (χ1) is 15.2. The maximum atomic E-state index is 12.5. The van der Waals surface area contributed by atoms with Gasteiger partial charge in [-0.3, -0.25) is 19.3 Å². The lowest BCUT2D eigenvalue weighted by molar-refractivity contribution is 0.0652. The lowest BCUT2D eigenvalue weighted by Gasteiger charge is -2.12. The van der Waals surface area contributed by atoms with Crippen molar-refractivity contribution in [3.8, 4) is 0 Å². The SMILES string of the molecule is CCCCN1C(=O)c2ccc(C(=O)NCCNS(=O)(=O)c3cc(C)ccc3C)cc2C1=O. The molecule has 1 aliphatic heterocycles. The molecule has 0 saturated carbocycles. The lowest BCUT2D eigenvalue weighted by atomic mass is 10.1. The van der Waals surface area contributed by atoms with E-state index in [1.165, 1.54) is 23.1 Å². The van der Waals surface area contributed by atoms with Crippen molar-refractivity contribution in [2.24, 2.45) is 0 Å². The fourth-order valence-electron chi connectivity index (χ4n) is 3.49. The standard InChI is InChI=1S/C23H27N3O5S/c1-4-5-12-26-22(28)18-9-8-17(14-19(18)23(26)29)21(27)24-10-11-25-32(30,31)20-13-15(2)6-7-16(20)3/h6-9,13-14,25H,4-5,10-12H2,1-3H3,(H,24,27). The van der Waals surface area contributed by atoms with E-state index in [0.717, 1.165) is 18.4 Å². The van der Waals surface area contributed by atoms with E-state index in [9.17, 15) is 22.8 Å². The number of amides is 3. The molecule has 170 valence electrons. The number of carbonyl (C=O) groups is 3. The predicted molar refractivity (Wildman–Crippen MR) is 120 cm³/mol. The van der Waals surface area contributed by atoms with Crippen molar-refractivity contribution >= 4 is 27.7 Å². The van der Waals surface area contributed by atoms with Gasteiger partial charge in [0.2, 0.25) is 10.0 Å². The highest BCUT2D eigenvalue weighted by molar-refractivity contribution is 7.89. The minimum Gasteiger partial charge on any atom is -0.351 e. The van der Waals surface area contributed by atoms with Crippen LogP contribution < -0.4 is 10.0 Å². The highest BCUT2D eigenvalue weighted by Crippen LogP contribution is 2.24. The molecule has 3 amide bonds. The molecule has 0 fully saturated rings. The third-order valence-corrected chi connectivity index (χ3v) is 6.91. The number of sulfonamides is 1. The molecule has 1 heterocycles. The van der Waals surface area contributed by atoms with E-state index in [0.29, 0.717) is 17.7 Å². The molecule has 2 aromatic rings. The molecule has 2 aromatic carbocycles. The Bertz CT molecular complexity index is 1170.